The summed E-state index contributed by atoms with van der Waals surface area (Å²) >= 11 is 0. The number of aliphatic hydroxyl groups excluding tert-OH is 1. The average Bonchev–Trinajstić information content (AvgIpc) is 3.38. The second kappa shape index (κ2) is 11.0. The fourth-order valence-electron chi connectivity index (χ4n) is 4.93. The summed E-state index contributed by atoms with van der Waals surface area (Å²) in [6, 6.07) is 14.6. The topological polar surface area (TPSA) is 113 Å². The molecule has 0 aromatic heterocycles. The molecule has 2 fully saturated rings. The highest BCUT2D eigenvalue weighted by Gasteiger charge is 2.34. The molecule has 10 heteroatoms. The van der Waals surface area contributed by atoms with Gasteiger partial charge in [0.15, 0.2) is 11.5 Å². The predicted octanol–water partition coefficient (Wildman–Crippen LogP) is 2.18. The number of carbonyl (C=O) groups excluding carboxylic acids is 2. The van der Waals surface area contributed by atoms with Gasteiger partial charge in [0.05, 0.1) is 25.2 Å². The number of amides is 3. The molecule has 3 amide bonds. The van der Waals surface area contributed by atoms with Crippen molar-refractivity contribution in [2.75, 3.05) is 49.8 Å². The van der Waals surface area contributed by atoms with Gasteiger partial charge in [0.25, 0.3) is 0 Å². The molecule has 3 aliphatic heterocycles. The first kappa shape index (κ1) is 24.2. The molecule has 3 atom stereocenters. The van der Waals surface area contributed by atoms with Crippen molar-refractivity contribution in [3.8, 4) is 11.5 Å². The third-order valence-electron chi connectivity index (χ3n) is 6.90. The first-order valence-electron chi connectivity index (χ1n) is 12.4. The molecule has 0 unspecified atom stereocenters. The standard InChI is InChI=1S/C26H32N4O6/c31-16-24-21(28-26(33)27-18-6-9-22-23(14-18)35-17-34-22)8-7-20(36-24)15-25(32)30-12-10-29(11-13-30)19-4-2-1-3-5-19/h1-6,9,14,20-21,24,31H,7-8,10-13,15-17H2,(H2,27,28,33)/t20-,21+,24+/m1/s1. The zero-order chi connectivity index (χ0) is 24.9. The van der Waals surface area contributed by atoms with Gasteiger partial charge in [-0.3, -0.25) is 4.79 Å². The maximum Gasteiger partial charge on any atom is 0.319 e. The molecular weight excluding hydrogens is 464 g/mol. The van der Waals surface area contributed by atoms with E-state index in [0.717, 1.165) is 13.1 Å². The van der Waals surface area contributed by atoms with Crippen LogP contribution in [0.2, 0.25) is 0 Å². The Balaban J connectivity index is 1.07. The second-order valence-electron chi connectivity index (χ2n) is 9.24. The number of ether oxygens (including phenoxy) is 3. The molecule has 5 rings (SSSR count). The number of benzene rings is 2. The van der Waals surface area contributed by atoms with Crippen molar-refractivity contribution < 1.29 is 28.9 Å². The molecular formula is C26H32N4O6. The van der Waals surface area contributed by atoms with Gasteiger partial charge < -0.3 is 39.8 Å². The Hall–Kier alpha value is -3.50. The van der Waals surface area contributed by atoms with Crippen molar-refractivity contribution in [1.29, 1.82) is 0 Å². The Kier molecular flexibility index (Phi) is 7.43. The molecule has 10 nitrogen and oxygen atoms in total. The molecule has 192 valence electrons. The number of anilines is 2. The number of aliphatic hydroxyl groups is 1. The van der Waals surface area contributed by atoms with E-state index in [-0.39, 0.29) is 37.9 Å². The van der Waals surface area contributed by atoms with Crippen molar-refractivity contribution in [3.05, 3.63) is 48.5 Å². The number of piperazine rings is 1. The summed E-state index contributed by atoms with van der Waals surface area (Å²) in [5.74, 6) is 1.29. The van der Waals surface area contributed by atoms with Crippen LogP contribution in [0.1, 0.15) is 19.3 Å². The number of nitrogens with zero attached hydrogens (tertiary/aromatic N) is 2. The van der Waals surface area contributed by atoms with Crippen LogP contribution >= 0.6 is 0 Å². The zero-order valence-corrected chi connectivity index (χ0v) is 20.1. The molecule has 0 saturated carbocycles. The van der Waals surface area contributed by atoms with Gasteiger partial charge in [-0.25, -0.2) is 4.79 Å². The van der Waals surface area contributed by atoms with E-state index in [4.69, 9.17) is 14.2 Å². The van der Waals surface area contributed by atoms with Gasteiger partial charge in [0.2, 0.25) is 12.7 Å². The summed E-state index contributed by atoms with van der Waals surface area (Å²) in [4.78, 5) is 29.6. The Labute approximate surface area is 210 Å². The van der Waals surface area contributed by atoms with Gasteiger partial charge >= 0.3 is 6.03 Å². The lowest BCUT2D eigenvalue weighted by molar-refractivity contribution is -0.140. The minimum absolute atomic E-state index is 0.0661. The minimum Gasteiger partial charge on any atom is -0.454 e. The number of carbonyl (C=O) groups is 2. The molecule has 2 saturated heterocycles. The lowest BCUT2D eigenvalue weighted by atomic mass is 9.97. The van der Waals surface area contributed by atoms with E-state index in [1.165, 1.54) is 5.69 Å². The number of hydrogen-bond acceptors (Lipinski definition) is 7. The first-order chi connectivity index (χ1) is 17.6. The van der Waals surface area contributed by atoms with Crippen molar-refractivity contribution in [2.24, 2.45) is 0 Å². The molecule has 3 heterocycles. The van der Waals surface area contributed by atoms with Crippen LogP contribution in [0.25, 0.3) is 0 Å². The van der Waals surface area contributed by atoms with Gasteiger partial charge in [-0.15, -0.1) is 0 Å². The van der Waals surface area contributed by atoms with Crippen molar-refractivity contribution >= 4 is 23.3 Å². The van der Waals surface area contributed by atoms with E-state index >= 15 is 0 Å². The van der Waals surface area contributed by atoms with Crippen LogP contribution in [0.15, 0.2) is 48.5 Å². The fourth-order valence-corrected chi connectivity index (χ4v) is 4.93. The maximum absolute atomic E-state index is 12.9. The van der Waals surface area contributed by atoms with Gasteiger partial charge in [0.1, 0.15) is 6.10 Å². The van der Waals surface area contributed by atoms with Crippen molar-refractivity contribution in [2.45, 2.75) is 37.5 Å². The van der Waals surface area contributed by atoms with Gasteiger partial charge in [0, 0.05) is 43.6 Å². The zero-order valence-electron chi connectivity index (χ0n) is 20.1. The predicted molar refractivity (Wildman–Crippen MR) is 133 cm³/mol. The van der Waals surface area contributed by atoms with Crippen molar-refractivity contribution in [3.63, 3.8) is 0 Å². The summed E-state index contributed by atoms with van der Waals surface area (Å²) < 4.78 is 16.6. The highest BCUT2D eigenvalue weighted by atomic mass is 16.7. The van der Waals surface area contributed by atoms with Crippen LogP contribution in [0.3, 0.4) is 0 Å². The molecule has 0 radical (unpaired) electrons. The summed E-state index contributed by atoms with van der Waals surface area (Å²) in [5, 5.41) is 15.5. The van der Waals surface area contributed by atoms with E-state index in [2.05, 4.69) is 27.7 Å². The molecule has 2 aromatic carbocycles. The summed E-state index contributed by atoms with van der Waals surface area (Å²) in [7, 11) is 0. The minimum atomic E-state index is -0.575. The largest absolute Gasteiger partial charge is 0.454 e. The second-order valence-corrected chi connectivity index (χ2v) is 9.24. The van der Waals surface area contributed by atoms with E-state index < -0.39 is 12.1 Å². The smallest absolute Gasteiger partial charge is 0.319 e. The number of fused-ring (bicyclic) bond motifs is 1. The Morgan fingerprint density at radius 1 is 0.972 bits per heavy atom. The fraction of sp³-hybridized carbons (Fsp3) is 0.462. The van der Waals surface area contributed by atoms with Crippen LogP contribution in [0.5, 0.6) is 11.5 Å². The van der Waals surface area contributed by atoms with Crippen molar-refractivity contribution in [1.82, 2.24) is 10.2 Å². The van der Waals surface area contributed by atoms with E-state index in [9.17, 15) is 14.7 Å². The third-order valence-corrected chi connectivity index (χ3v) is 6.90. The normalized spacial score (nSPS) is 23.3. The van der Waals surface area contributed by atoms with Gasteiger partial charge in [-0.1, -0.05) is 18.2 Å². The lowest BCUT2D eigenvalue weighted by Crippen LogP contribution is -2.53. The van der Waals surface area contributed by atoms with Gasteiger partial charge in [-0.2, -0.15) is 0 Å². The molecule has 0 bridgehead atoms. The van der Waals surface area contributed by atoms with E-state index in [1.807, 2.05) is 23.1 Å². The number of urea groups is 1. The molecule has 2 aromatic rings. The summed E-state index contributed by atoms with van der Waals surface area (Å²) in [6.07, 6.45) is 0.657. The highest BCUT2D eigenvalue weighted by molar-refractivity contribution is 5.90. The van der Waals surface area contributed by atoms with E-state index in [1.54, 1.807) is 18.2 Å². The Bertz CT molecular complexity index is 1060. The molecule has 0 aliphatic carbocycles. The summed E-state index contributed by atoms with van der Waals surface area (Å²) in [6.45, 7) is 2.86. The quantitative estimate of drug-likeness (QED) is 0.562. The monoisotopic (exact) mass is 496 g/mol. The third kappa shape index (κ3) is 5.66. The average molecular weight is 497 g/mol. The number of rotatable bonds is 6. The van der Waals surface area contributed by atoms with Crippen LogP contribution in [-0.4, -0.2) is 79.8 Å². The van der Waals surface area contributed by atoms with Crippen LogP contribution in [0.4, 0.5) is 16.2 Å². The molecule has 36 heavy (non-hydrogen) atoms. The number of para-hydroxylation sites is 1. The van der Waals surface area contributed by atoms with Crippen LogP contribution in [-0.2, 0) is 9.53 Å². The lowest BCUT2D eigenvalue weighted by Gasteiger charge is -2.38. The molecule has 3 N–H and O–H groups in total. The van der Waals surface area contributed by atoms with Crippen LogP contribution < -0.4 is 25.0 Å². The maximum atomic E-state index is 12.9. The van der Waals surface area contributed by atoms with Gasteiger partial charge in [-0.05, 0) is 37.1 Å². The molecule has 3 aliphatic rings. The molecule has 0 spiro atoms. The van der Waals surface area contributed by atoms with Crippen LogP contribution in [0, 0.1) is 0 Å². The Morgan fingerprint density at radius 3 is 2.53 bits per heavy atom. The summed E-state index contributed by atoms with van der Waals surface area (Å²) in [5.41, 5.74) is 1.75. The SMILES string of the molecule is O=C(Nc1ccc2c(c1)OCO2)N[C@H]1CC[C@H](CC(=O)N2CCN(c3ccccc3)CC2)O[C@H]1CO. The number of nitrogens with one attached hydrogen (secondary N) is 2. The highest BCUT2D eigenvalue weighted by Crippen LogP contribution is 2.34. The first-order valence-corrected chi connectivity index (χ1v) is 12.4. The Morgan fingerprint density at radius 2 is 1.75 bits per heavy atom. The number of hydrogen-bond donors (Lipinski definition) is 3. The van der Waals surface area contributed by atoms with E-state index in [0.29, 0.717) is 43.1 Å².